The van der Waals surface area contributed by atoms with Crippen LogP contribution < -0.4 is 5.32 Å². The minimum Gasteiger partial charge on any atom is -0.481 e. The second-order valence-electron chi connectivity index (χ2n) is 4.71. The molecule has 0 spiro atoms. The SMILES string of the molecule is CC(NCc1ccc(S(C)(=O)=O)cc1)C(C)C(=O)O. The molecule has 1 aromatic carbocycles. The van der Waals surface area contributed by atoms with Crippen molar-refractivity contribution in [1.82, 2.24) is 5.32 Å². The van der Waals surface area contributed by atoms with E-state index in [0.29, 0.717) is 6.54 Å². The molecule has 106 valence electrons. The summed E-state index contributed by atoms with van der Waals surface area (Å²) in [6.07, 6.45) is 1.16. The zero-order valence-corrected chi connectivity index (χ0v) is 12.1. The lowest BCUT2D eigenvalue weighted by molar-refractivity contribution is -0.141. The smallest absolute Gasteiger partial charge is 0.307 e. The maximum Gasteiger partial charge on any atom is 0.307 e. The molecule has 1 rings (SSSR count). The van der Waals surface area contributed by atoms with Crippen molar-refractivity contribution >= 4 is 15.8 Å². The number of sulfone groups is 1. The molecule has 2 N–H and O–H groups in total. The Kier molecular flexibility index (Phi) is 5.08. The lowest BCUT2D eigenvalue weighted by atomic mass is 10.0. The number of carboxylic acid groups (broad SMARTS) is 1. The number of carboxylic acids is 1. The number of hydrogen-bond acceptors (Lipinski definition) is 4. The second-order valence-corrected chi connectivity index (χ2v) is 6.73. The minimum absolute atomic E-state index is 0.160. The normalized spacial score (nSPS) is 14.9. The molecule has 2 unspecified atom stereocenters. The predicted octanol–water partition coefficient (Wildman–Crippen LogP) is 1.29. The van der Waals surface area contributed by atoms with Gasteiger partial charge in [0.2, 0.25) is 0 Å². The molecule has 0 saturated heterocycles. The topological polar surface area (TPSA) is 83.5 Å². The van der Waals surface area contributed by atoms with Crippen LogP contribution in [0.1, 0.15) is 19.4 Å². The van der Waals surface area contributed by atoms with Gasteiger partial charge in [-0.2, -0.15) is 0 Å². The van der Waals surface area contributed by atoms with Gasteiger partial charge in [0.1, 0.15) is 0 Å². The summed E-state index contributed by atoms with van der Waals surface area (Å²) in [5, 5.41) is 12.0. The van der Waals surface area contributed by atoms with Crippen molar-refractivity contribution in [1.29, 1.82) is 0 Å². The molecule has 0 fully saturated rings. The monoisotopic (exact) mass is 285 g/mol. The molecule has 19 heavy (non-hydrogen) atoms. The Balaban J connectivity index is 2.62. The molecule has 0 aliphatic rings. The fourth-order valence-corrected chi connectivity index (χ4v) is 2.15. The van der Waals surface area contributed by atoms with Crippen molar-refractivity contribution in [3.8, 4) is 0 Å². The van der Waals surface area contributed by atoms with Crippen LogP contribution in [0.2, 0.25) is 0 Å². The van der Waals surface area contributed by atoms with Gasteiger partial charge in [-0.05, 0) is 24.6 Å². The summed E-state index contributed by atoms with van der Waals surface area (Å²) in [7, 11) is -3.17. The Hall–Kier alpha value is -1.40. The molecular formula is C13H19NO4S. The Morgan fingerprint density at radius 3 is 2.21 bits per heavy atom. The van der Waals surface area contributed by atoms with Crippen molar-refractivity contribution < 1.29 is 18.3 Å². The summed E-state index contributed by atoms with van der Waals surface area (Å²) in [6, 6.07) is 6.39. The third kappa shape index (κ3) is 4.65. The van der Waals surface area contributed by atoms with E-state index >= 15 is 0 Å². The first-order valence-electron chi connectivity index (χ1n) is 5.97. The third-order valence-electron chi connectivity index (χ3n) is 3.12. The fraction of sp³-hybridized carbons (Fsp3) is 0.462. The highest BCUT2D eigenvalue weighted by molar-refractivity contribution is 7.90. The Labute approximate surface area is 113 Å². The molecule has 5 nitrogen and oxygen atoms in total. The van der Waals surface area contributed by atoms with Crippen molar-refractivity contribution in [3.63, 3.8) is 0 Å². The van der Waals surface area contributed by atoms with Crippen LogP contribution in [0.5, 0.6) is 0 Å². The first-order chi connectivity index (χ1) is 8.71. The molecular weight excluding hydrogens is 266 g/mol. The lowest BCUT2D eigenvalue weighted by Crippen LogP contribution is -2.35. The molecule has 0 saturated carbocycles. The number of aliphatic carboxylic acids is 1. The summed E-state index contributed by atoms with van der Waals surface area (Å²) in [4.78, 5) is 11.1. The molecule has 2 atom stereocenters. The number of benzene rings is 1. The summed E-state index contributed by atoms with van der Waals surface area (Å²) < 4.78 is 22.6. The van der Waals surface area contributed by atoms with Gasteiger partial charge >= 0.3 is 5.97 Å². The molecule has 0 aliphatic carbocycles. The molecule has 0 radical (unpaired) electrons. The van der Waals surface area contributed by atoms with E-state index in [0.717, 1.165) is 11.8 Å². The van der Waals surface area contributed by atoms with Gasteiger partial charge in [0.15, 0.2) is 9.84 Å². The first-order valence-corrected chi connectivity index (χ1v) is 7.86. The Morgan fingerprint density at radius 2 is 1.79 bits per heavy atom. The standard InChI is InChI=1S/C13H19NO4S/c1-9(13(15)16)10(2)14-8-11-4-6-12(7-5-11)19(3,17)18/h4-7,9-10,14H,8H2,1-3H3,(H,15,16). The summed E-state index contributed by atoms with van der Waals surface area (Å²) in [5.41, 5.74) is 0.914. The van der Waals surface area contributed by atoms with E-state index < -0.39 is 21.7 Å². The largest absolute Gasteiger partial charge is 0.481 e. The van der Waals surface area contributed by atoms with Crippen LogP contribution >= 0.6 is 0 Å². The average Bonchev–Trinajstić information content (AvgIpc) is 2.34. The minimum atomic E-state index is -3.17. The van der Waals surface area contributed by atoms with Gasteiger partial charge in [0.05, 0.1) is 10.8 Å². The highest BCUT2D eigenvalue weighted by atomic mass is 32.2. The van der Waals surface area contributed by atoms with Gasteiger partial charge in [0.25, 0.3) is 0 Å². The fourth-order valence-electron chi connectivity index (χ4n) is 1.52. The van der Waals surface area contributed by atoms with Crippen LogP contribution in [0.15, 0.2) is 29.2 Å². The van der Waals surface area contributed by atoms with Crippen LogP contribution in [0, 0.1) is 5.92 Å². The van der Waals surface area contributed by atoms with Crippen LogP contribution in [0.3, 0.4) is 0 Å². The predicted molar refractivity (Wildman–Crippen MR) is 72.7 cm³/mol. The van der Waals surface area contributed by atoms with Crippen LogP contribution in [0.25, 0.3) is 0 Å². The highest BCUT2D eigenvalue weighted by Gasteiger charge is 2.18. The van der Waals surface area contributed by atoms with Gasteiger partial charge in [0, 0.05) is 18.8 Å². The van der Waals surface area contributed by atoms with Crippen LogP contribution in [0.4, 0.5) is 0 Å². The van der Waals surface area contributed by atoms with Crippen LogP contribution in [-0.4, -0.2) is 31.8 Å². The summed E-state index contributed by atoms with van der Waals surface area (Å²) >= 11 is 0. The quantitative estimate of drug-likeness (QED) is 0.823. The summed E-state index contributed by atoms with van der Waals surface area (Å²) in [6.45, 7) is 3.96. The number of nitrogens with one attached hydrogen (secondary N) is 1. The molecule has 0 amide bonds. The van der Waals surface area contributed by atoms with Gasteiger partial charge < -0.3 is 10.4 Å². The maximum absolute atomic E-state index is 11.3. The van der Waals surface area contributed by atoms with E-state index in [1.807, 2.05) is 6.92 Å². The average molecular weight is 285 g/mol. The van der Waals surface area contributed by atoms with Crippen molar-refractivity contribution in [2.45, 2.75) is 31.3 Å². The van der Waals surface area contributed by atoms with E-state index in [1.165, 1.54) is 0 Å². The second kappa shape index (κ2) is 6.16. The van der Waals surface area contributed by atoms with E-state index in [1.54, 1.807) is 31.2 Å². The van der Waals surface area contributed by atoms with E-state index in [9.17, 15) is 13.2 Å². The zero-order valence-electron chi connectivity index (χ0n) is 11.3. The van der Waals surface area contributed by atoms with Crippen molar-refractivity contribution in [2.75, 3.05) is 6.26 Å². The zero-order chi connectivity index (χ0) is 14.6. The summed E-state index contributed by atoms with van der Waals surface area (Å²) in [5.74, 6) is -1.32. The van der Waals surface area contributed by atoms with E-state index in [4.69, 9.17) is 5.11 Å². The van der Waals surface area contributed by atoms with Crippen molar-refractivity contribution in [3.05, 3.63) is 29.8 Å². The third-order valence-corrected chi connectivity index (χ3v) is 4.25. The molecule has 0 aromatic heterocycles. The molecule has 0 aliphatic heterocycles. The van der Waals surface area contributed by atoms with Crippen molar-refractivity contribution in [2.24, 2.45) is 5.92 Å². The van der Waals surface area contributed by atoms with Gasteiger partial charge in [-0.15, -0.1) is 0 Å². The number of carbonyl (C=O) groups is 1. The van der Waals surface area contributed by atoms with E-state index in [2.05, 4.69) is 5.32 Å². The lowest BCUT2D eigenvalue weighted by Gasteiger charge is -2.17. The number of rotatable bonds is 6. The first kappa shape index (κ1) is 15.7. The maximum atomic E-state index is 11.3. The number of hydrogen-bond donors (Lipinski definition) is 2. The van der Waals surface area contributed by atoms with Gasteiger partial charge in [-0.3, -0.25) is 4.79 Å². The highest BCUT2D eigenvalue weighted by Crippen LogP contribution is 2.11. The molecule has 1 aromatic rings. The van der Waals surface area contributed by atoms with Gasteiger partial charge in [-0.1, -0.05) is 19.1 Å². The van der Waals surface area contributed by atoms with E-state index in [-0.39, 0.29) is 10.9 Å². The Bertz CT molecular complexity index is 536. The van der Waals surface area contributed by atoms with Crippen LogP contribution in [-0.2, 0) is 21.2 Å². The molecule has 0 bridgehead atoms. The molecule has 6 heteroatoms. The Morgan fingerprint density at radius 1 is 1.26 bits per heavy atom. The van der Waals surface area contributed by atoms with Gasteiger partial charge in [-0.25, -0.2) is 8.42 Å². The molecule has 0 heterocycles.